The van der Waals surface area contributed by atoms with Crippen molar-refractivity contribution in [2.75, 3.05) is 0 Å². The average molecular weight is 182 g/mol. The van der Waals surface area contributed by atoms with Gasteiger partial charge >= 0.3 is 0 Å². The van der Waals surface area contributed by atoms with E-state index >= 15 is 0 Å². The van der Waals surface area contributed by atoms with E-state index in [1.807, 2.05) is 20.8 Å². The molecule has 13 heavy (non-hydrogen) atoms. The van der Waals surface area contributed by atoms with Crippen LogP contribution in [-0.2, 0) is 9.53 Å². The molecular formula is C11H18O2. The zero-order chi connectivity index (χ0) is 9.84. The van der Waals surface area contributed by atoms with Gasteiger partial charge in [0, 0.05) is 11.5 Å². The van der Waals surface area contributed by atoms with Gasteiger partial charge in [-0.3, -0.25) is 4.79 Å². The van der Waals surface area contributed by atoms with E-state index in [1.54, 1.807) is 6.26 Å². The molecule has 1 saturated carbocycles. The van der Waals surface area contributed by atoms with Crippen molar-refractivity contribution in [2.24, 2.45) is 5.92 Å². The highest BCUT2D eigenvalue weighted by molar-refractivity contribution is 5.97. The minimum absolute atomic E-state index is 0.164. The van der Waals surface area contributed by atoms with Crippen LogP contribution in [0.1, 0.15) is 40.0 Å². The molecule has 2 nitrogen and oxygen atoms in total. The standard InChI is InChI=1S/C11H18O2/c1-8(2)13-7-10-6-4-5-9(3)11(10)12/h7-9H,4-6H2,1-3H3. The Morgan fingerprint density at radius 3 is 2.85 bits per heavy atom. The molecule has 0 spiro atoms. The lowest BCUT2D eigenvalue weighted by Gasteiger charge is -2.19. The average Bonchev–Trinajstić information content (AvgIpc) is 2.07. The second kappa shape index (κ2) is 4.45. The molecule has 0 saturated heterocycles. The first kappa shape index (κ1) is 10.3. The van der Waals surface area contributed by atoms with Gasteiger partial charge in [-0.2, -0.15) is 0 Å². The van der Waals surface area contributed by atoms with Crippen LogP contribution >= 0.6 is 0 Å². The van der Waals surface area contributed by atoms with Crippen LogP contribution < -0.4 is 0 Å². The van der Waals surface area contributed by atoms with E-state index in [0.29, 0.717) is 0 Å². The number of hydrogen-bond donors (Lipinski definition) is 0. The second-order valence-corrected chi connectivity index (χ2v) is 3.99. The van der Waals surface area contributed by atoms with E-state index in [4.69, 9.17) is 4.74 Å². The lowest BCUT2D eigenvalue weighted by atomic mass is 9.86. The van der Waals surface area contributed by atoms with Gasteiger partial charge in [0.2, 0.25) is 0 Å². The Balaban J connectivity index is 2.57. The highest BCUT2D eigenvalue weighted by Crippen LogP contribution is 2.24. The molecule has 1 unspecified atom stereocenters. The number of carbonyl (C=O) groups is 1. The van der Waals surface area contributed by atoms with Crippen LogP contribution in [0.4, 0.5) is 0 Å². The molecule has 0 radical (unpaired) electrons. The quantitative estimate of drug-likeness (QED) is 0.485. The third-order valence-electron chi connectivity index (χ3n) is 2.33. The van der Waals surface area contributed by atoms with Gasteiger partial charge < -0.3 is 4.74 Å². The lowest BCUT2D eigenvalue weighted by Crippen LogP contribution is -2.19. The van der Waals surface area contributed by atoms with Crippen molar-refractivity contribution in [3.05, 3.63) is 11.8 Å². The molecule has 1 aliphatic carbocycles. The van der Waals surface area contributed by atoms with Crippen LogP contribution in [0, 0.1) is 5.92 Å². The molecule has 0 aliphatic heterocycles. The number of ketones is 1. The third-order valence-corrected chi connectivity index (χ3v) is 2.33. The SMILES string of the molecule is CC(C)OC=C1CCCC(C)C1=O. The van der Waals surface area contributed by atoms with Crippen molar-refractivity contribution in [1.29, 1.82) is 0 Å². The molecule has 0 N–H and O–H groups in total. The Hall–Kier alpha value is -0.790. The Labute approximate surface area is 80.0 Å². The molecule has 1 aliphatic rings. The van der Waals surface area contributed by atoms with Crippen molar-refractivity contribution in [2.45, 2.75) is 46.1 Å². The topological polar surface area (TPSA) is 26.3 Å². The molecular weight excluding hydrogens is 164 g/mol. The van der Waals surface area contributed by atoms with Crippen LogP contribution in [0.15, 0.2) is 11.8 Å². The largest absolute Gasteiger partial charge is 0.498 e. The fourth-order valence-electron chi connectivity index (χ4n) is 1.50. The van der Waals surface area contributed by atoms with Crippen LogP contribution in [0.25, 0.3) is 0 Å². The molecule has 0 aromatic carbocycles. The van der Waals surface area contributed by atoms with Crippen molar-refractivity contribution in [3.8, 4) is 0 Å². The summed E-state index contributed by atoms with van der Waals surface area (Å²) in [7, 11) is 0. The maximum absolute atomic E-state index is 11.6. The minimum Gasteiger partial charge on any atom is -0.498 e. The van der Waals surface area contributed by atoms with Crippen molar-refractivity contribution in [3.63, 3.8) is 0 Å². The van der Waals surface area contributed by atoms with Crippen LogP contribution in [-0.4, -0.2) is 11.9 Å². The monoisotopic (exact) mass is 182 g/mol. The van der Waals surface area contributed by atoms with Gasteiger partial charge in [0.15, 0.2) is 5.78 Å². The summed E-state index contributed by atoms with van der Waals surface area (Å²) in [5.74, 6) is 0.461. The molecule has 1 atom stereocenters. The van der Waals surface area contributed by atoms with Gasteiger partial charge in [-0.1, -0.05) is 6.92 Å². The first-order valence-electron chi connectivity index (χ1n) is 5.00. The zero-order valence-corrected chi connectivity index (χ0v) is 8.67. The van der Waals surface area contributed by atoms with Gasteiger partial charge in [-0.05, 0) is 33.1 Å². The normalized spacial score (nSPS) is 26.9. The molecule has 0 aromatic heterocycles. The zero-order valence-electron chi connectivity index (χ0n) is 8.67. The predicted molar refractivity (Wildman–Crippen MR) is 52.3 cm³/mol. The van der Waals surface area contributed by atoms with Gasteiger partial charge in [0.25, 0.3) is 0 Å². The number of Topliss-reactive ketones (excluding diaryl/α,β-unsaturated/α-hetero) is 1. The number of hydrogen-bond acceptors (Lipinski definition) is 2. The lowest BCUT2D eigenvalue weighted by molar-refractivity contribution is -0.120. The summed E-state index contributed by atoms with van der Waals surface area (Å²) in [6.45, 7) is 5.92. The van der Waals surface area contributed by atoms with Crippen LogP contribution in [0.3, 0.4) is 0 Å². The molecule has 1 rings (SSSR count). The van der Waals surface area contributed by atoms with Crippen molar-refractivity contribution < 1.29 is 9.53 Å². The van der Waals surface area contributed by atoms with Crippen LogP contribution in [0.5, 0.6) is 0 Å². The van der Waals surface area contributed by atoms with Gasteiger partial charge in [-0.25, -0.2) is 0 Å². The Morgan fingerprint density at radius 2 is 2.23 bits per heavy atom. The number of allylic oxidation sites excluding steroid dienone is 1. The summed E-state index contributed by atoms with van der Waals surface area (Å²) in [6.07, 6.45) is 4.84. The summed E-state index contributed by atoms with van der Waals surface area (Å²) in [6, 6.07) is 0. The second-order valence-electron chi connectivity index (χ2n) is 3.99. The molecule has 2 heteroatoms. The first-order valence-corrected chi connectivity index (χ1v) is 5.00. The van der Waals surface area contributed by atoms with E-state index in [1.165, 1.54) is 0 Å². The van der Waals surface area contributed by atoms with E-state index in [2.05, 4.69) is 0 Å². The smallest absolute Gasteiger partial charge is 0.164 e. The summed E-state index contributed by atoms with van der Waals surface area (Å²) >= 11 is 0. The van der Waals surface area contributed by atoms with E-state index < -0.39 is 0 Å². The van der Waals surface area contributed by atoms with E-state index in [-0.39, 0.29) is 17.8 Å². The molecule has 0 heterocycles. The number of rotatable bonds is 2. The van der Waals surface area contributed by atoms with Crippen LogP contribution in [0.2, 0.25) is 0 Å². The minimum atomic E-state index is 0.164. The summed E-state index contributed by atoms with van der Waals surface area (Å²) in [4.78, 5) is 11.6. The van der Waals surface area contributed by atoms with Crippen molar-refractivity contribution in [1.82, 2.24) is 0 Å². The first-order chi connectivity index (χ1) is 6.11. The fourth-order valence-corrected chi connectivity index (χ4v) is 1.50. The molecule has 0 amide bonds. The van der Waals surface area contributed by atoms with Gasteiger partial charge in [-0.15, -0.1) is 0 Å². The Morgan fingerprint density at radius 1 is 1.54 bits per heavy atom. The maximum atomic E-state index is 11.6. The maximum Gasteiger partial charge on any atom is 0.164 e. The van der Waals surface area contributed by atoms with Gasteiger partial charge in [0.1, 0.15) is 0 Å². The molecule has 0 aromatic rings. The highest BCUT2D eigenvalue weighted by Gasteiger charge is 2.22. The van der Waals surface area contributed by atoms with E-state index in [0.717, 1.165) is 24.8 Å². The highest BCUT2D eigenvalue weighted by atomic mass is 16.5. The summed E-state index contributed by atoms with van der Waals surface area (Å²) in [5, 5.41) is 0. The summed E-state index contributed by atoms with van der Waals surface area (Å²) in [5.41, 5.74) is 0.868. The molecule has 74 valence electrons. The van der Waals surface area contributed by atoms with E-state index in [9.17, 15) is 4.79 Å². The fraction of sp³-hybridized carbons (Fsp3) is 0.727. The van der Waals surface area contributed by atoms with Gasteiger partial charge in [0.05, 0.1) is 12.4 Å². The molecule has 1 fully saturated rings. The Kier molecular flexibility index (Phi) is 3.52. The molecule has 0 bridgehead atoms. The van der Waals surface area contributed by atoms with Crippen molar-refractivity contribution >= 4 is 5.78 Å². The number of carbonyl (C=O) groups excluding carboxylic acids is 1. The summed E-state index contributed by atoms with van der Waals surface area (Å²) < 4.78 is 5.32. The predicted octanol–water partition coefficient (Wildman–Crippen LogP) is 2.68. The number of ether oxygens (including phenoxy) is 1. The third kappa shape index (κ3) is 2.87. The Bertz CT molecular complexity index is 216.